The third-order valence-corrected chi connectivity index (χ3v) is 3.14. The fourth-order valence-electron chi connectivity index (χ4n) is 1.94. The Kier molecular flexibility index (Phi) is 8.22. The molecule has 5 heteroatoms. The number of nitrogens with one attached hydrogen (secondary N) is 1. The van der Waals surface area contributed by atoms with Crippen molar-refractivity contribution in [2.45, 2.75) is 39.8 Å². The maximum absolute atomic E-state index is 12.1. The van der Waals surface area contributed by atoms with Gasteiger partial charge in [0.1, 0.15) is 0 Å². The maximum Gasteiger partial charge on any atom is 0.312 e. The van der Waals surface area contributed by atoms with E-state index in [2.05, 4.69) is 5.32 Å². The molecule has 1 rings (SSSR count). The summed E-state index contributed by atoms with van der Waals surface area (Å²) in [6.07, 6.45) is 0.876. The van der Waals surface area contributed by atoms with Crippen LogP contribution in [0.15, 0.2) is 30.3 Å². The first-order chi connectivity index (χ1) is 10.5. The van der Waals surface area contributed by atoms with Gasteiger partial charge in [-0.25, -0.2) is 0 Å². The number of rotatable bonds is 8. The van der Waals surface area contributed by atoms with Gasteiger partial charge in [0.25, 0.3) is 0 Å². The molecule has 0 aliphatic rings. The summed E-state index contributed by atoms with van der Waals surface area (Å²) < 4.78 is 5.39. The average Bonchev–Trinajstić information content (AvgIpc) is 2.52. The van der Waals surface area contributed by atoms with Crippen LogP contribution in [0.4, 0.5) is 0 Å². The third kappa shape index (κ3) is 6.72. The second-order valence-electron chi connectivity index (χ2n) is 5.33. The van der Waals surface area contributed by atoms with Crippen LogP contribution in [0.25, 0.3) is 0 Å². The largest absolute Gasteiger partial charge is 0.379 e. The van der Waals surface area contributed by atoms with Crippen molar-refractivity contribution in [2.75, 3.05) is 19.7 Å². The summed E-state index contributed by atoms with van der Waals surface area (Å²) >= 11 is 0. The average molecular weight is 306 g/mol. The first-order valence-electron chi connectivity index (χ1n) is 7.77. The minimum atomic E-state index is -0.553. The van der Waals surface area contributed by atoms with Gasteiger partial charge in [-0.05, 0) is 32.8 Å². The summed E-state index contributed by atoms with van der Waals surface area (Å²) in [7, 11) is 0. The molecule has 0 aromatic heterocycles. The van der Waals surface area contributed by atoms with Crippen molar-refractivity contribution in [3.8, 4) is 0 Å². The molecule has 0 fully saturated rings. The summed E-state index contributed by atoms with van der Waals surface area (Å²) in [5.41, 5.74) is 1.01. The summed E-state index contributed by atoms with van der Waals surface area (Å²) in [6, 6.07) is 9.65. The van der Waals surface area contributed by atoms with E-state index >= 15 is 0 Å². The van der Waals surface area contributed by atoms with E-state index in [0.717, 1.165) is 5.56 Å². The fraction of sp³-hybridized carbons (Fsp3) is 0.529. The van der Waals surface area contributed by atoms with Crippen molar-refractivity contribution in [2.24, 2.45) is 0 Å². The van der Waals surface area contributed by atoms with Gasteiger partial charge in [0, 0.05) is 26.2 Å². The molecule has 0 aliphatic carbocycles. The van der Waals surface area contributed by atoms with E-state index < -0.39 is 11.8 Å². The van der Waals surface area contributed by atoms with Gasteiger partial charge < -0.3 is 15.0 Å². The van der Waals surface area contributed by atoms with E-state index in [1.165, 1.54) is 4.90 Å². The molecule has 22 heavy (non-hydrogen) atoms. The summed E-state index contributed by atoms with van der Waals surface area (Å²) in [6.45, 7) is 7.76. The molecular weight excluding hydrogens is 280 g/mol. The highest BCUT2D eigenvalue weighted by Crippen LogP contribution is 2.04. The molecule has 2 amide bonds. The summed E-state index contributed by atoms with van der Waals surface area (Å²) in [5.74, 6) is -1.04. The number of amides is 2. The minimum absolute atomic E-state index is 0.179. The summed E-state index contributed by atoms with van der Waals surface area (Å²) in [5, 5.41) is 2.65. The molecule has 122 valence electrons. The Labute approximate surface area is 132 Å². The molecule has 0 heterocycles. The van der Waals surface area contributed by atoms with Gasteiger partial charge in [-0.2, -0.15) is 0 Å². The molecular formula is C17H26N2O3. The zero-order valence-electron chi connectivity index (χ0n) is 13.7. The van der Waals surface area contributed by atoms with Crippen LogP contribution in [0.2, 0.25) is 0 Å². The van der Waals surface area contributed by atoms with Gasteiger partial charge >= 0.3 is 11.8 Å². The molecule has 0 bridgehead atoms. The predicted molar refractivity (Wildman–Crippen MR) is 86.2 cm³/mol. The van der Waals surface area contributed by atoms with Crippen LogP contribution >= 0.6 is 0 Å². The topological polar surface area (TPSA) is 58.6 Å². The lowest BCUT2D eigenvalue weighted by Gasteiger charge is -2.20. The van der Waals surface area contributed by atoms with E-state index in [-0.39, 0.29) is 6.10 Å². The lowest BCUT2D eigenvalue weighted by atomic mass is 10.2. The highest BCUT2D eigenvalue weighted by atomic mass is 16.5. The molecule has 0 spiro atoms. The van der Waals surface area contributed by atoms with Gasteiger partial charge in [0.2, 0.25) is 0 Å². The van der Waals surface area contributed by atoms with Crippen molar-refractivity contribution < 1.29 is 14.3 Å². The molecule has 0 saturated heterocycles. The fourth-order valence-corrected chi connectivity index (χ4v) is 1.94. The number of hydrogen-bond donors (Lipinski definition) is 1. The second kappa shape index (κ2) is 9.95. The zero-order valence-corrected chi connectivity index (χ0v) is 13.7. The third-order valence-electron chi connectivity index (χ3n) is 3.14. The molecule has 0 aliphatic heterocycles. The van der Waals surface area contributed by atoms with Crippen molar-refractivity contribution in [1.29, 1.82) is 0 Å². The molecule has 1 N–H and O–H groups in total. The van der Waals surface area contributed by atoms with Crippen LogP contribution < -0.4 is 5.32 Å². The number of likely N-dealkylation sites (N-methyl/N-ethyl adjacent to an activating group) is 1. The SMILES string of the molecule is CCN(Cc1ccccc1)C(=O)C(=O)NCCCOC(C)C. The molecule has 0 atom stereocenters. The van der Waals surface area contributed by atoms with E-state index in [1.54, 1.807) is 0 Å². The Balaban J connectivity index is 2.38. The Morgan fingerprint density at radius 2 is 1.91 bits per heavy atom. The van der Waals surface area contributed by atoms with E-state index in [9.17, 15) is 9.59 Å². The summed E-state index contributed by atoms with van der Waals surface area (Å²) in [4.78, 5) is 25.6. The molecule has 5 nitrogen and oxygen atoms in total. The van der Waals surface area contributed by atoms with Crippen molar-refractivity contribution in [3.63, 3.8) is 0 Å². The number of carbonyl (C=O) groups is 2. The Morgan fingerprint density at radius 1 is 1.23 bits per heavy atom. The maximum atomic E-state index is 12.1. The van der Waals surface area contributed by atoms with Crippen LogP contribution in [-0.4, -0.2) is 42.5 Å². The number of carbonyl (C=O) groups excluding carboxylic acids is 2. The lowest BCUT2D eigenvalue weighted by molar-refractivity contribution is -0.146. The second-order valence-corrected chi connectivity index (χ2v) is 5.33. The number of nitrogens with zero attached hydrogens (tertiary/aromatic N) is 1. The quantitative estimate of drug-likeness (QED) is 0.590. The lowest BCUT2D eigenvalue weighted by Crippen LogP contribution is -2.43. The zero-order chi connectivity index (χ0) is 16.4. The number of benzene rings is 1. The Bertz CT molecular complexity index is 460. The monoisotopic (exact) mass is 306 g/mol. The van der Waals surface area contributed by atoms with Crippen LogP contribution in [-0.2, 0) is 20.9 Å². The number of hydrogen-bond acceptors (Lipinski definition) is 3. The first-order valence-corrected chi connectivity index (χ1v) is 7.77. The van der Waals surface area contributed by atoms with Gasteiger partial charge in [-0.1, -0.05) is 30.3 Å². The molecule has 0 unspecified atom stereocenters. The van der Waals surface area contributed by atoms with Gasteiger partial charge in [0.15, 0.2) is 0 Å². The van der Waals surface area contributed by atoms with Crippen LogP contribution in [0.1, 0.15) is 32.8 Å². The minimum Gasteiger partial charge on any atom is -0.379 e. The van der Waals surface area contributed by atoms with Crippen molar-refractivity contribution in [3.05, 3.63) is 35.9 Å². The van der Waals surface area contributed by atoms with Crippen LogP contribution in [0.5, 0.6) is 0 Å². The van der Waals surface area contributed by atoms with Crippen LogP contribution in [0.3, 0.4) is 0 Å². The van der Waals surface area contributed by atoms with Gasteiger partial charge in [-0.15, -0.1) is 0 Å². The molecule has 0 radical (unpaired) electrons. The Hall–Kier alpha value is -1.88. The van der Waals surface area contributed by atoms with E-state index in [0.29, 0.717) is 32.7 Å². The number of ether oxygens (including phenoxy) is 1. The highest BCUT2D eigenvalue weighted by molar-refractivity contribution is 6.34. The van der Waals surface area contributed by atoms with E-state index in [4.69, 9.17) is 4.74 Å². The van der Waals surface area contributed by atoms with Gasteiger partial charge in [0.05, 0.1) is 6.10 Å². The van der Waals surface area contributed by atoms with E-state index in [1.807, 2.05) is 51.1 Å². The molecule has 1 aromatic rings. The first kappa shape index (κ1) is 18.2. The Morgan fingerprint density at radius 3 is 2.50 bits per heavy atom. The highest BCUT2D eigenvalue weighted by Gasteiger charge is 2.20. The smallest absolute Gasteiger partial charge is 0.312 e. The van der Waals surface area contributed by atoms with Crippen molar-refractivity contribution >= 4 is 11.8 Å². The standard InChI is InChI=1S/C17H26N2O3/c1-4-19(13-15-9-6-5-7-10-15)17(21)16(20)18-11-8-12-22-14(2)3/h5-7,9-10,14H,4,8,11-13H2,1-3H3,(H,18,20). The van der Waals surface area contributed by atoms with Crippen molar-refractivity contribution in [1.82, 2.24) is 10.2 Å². The molecule has 0 saturated carbocycles. The van der Waals surface area contributed by atoms with Crippen LogP contribution in [0, 0.1) is 0 Å². The predicted octanol–water partition coefficient (Wildman–Crippen LogP) is 1.97. The molecule has 1 aromatic carbocycles. The normalized spacial score (nSPS) is 10.5. The van der Waals surface area contributed by atoms with Gasteiger partial charge in [-0.3, -0.25) is 9.59 Å².